The van der Waals surface area contributed by atoms with Gasteiger partial charge in [0.2, 0.25) is 23.6 Å². The minimum absolute atomic E-state index is 0.00139. The second kappa shape index (κ2) is 15.4. The van der Waals surface area contributed by atoms with Crippen LogP contribution in [0.4, 0.5) is 11.5 Å². The standard InChI is InChI=1S/C38H47N11O6/c1-22(50)44-25-15-26(16-25)48-21-43-33-34(41-20-42-35(33)48)40-17-23-7-11-46(12-8-23)19-24-9-13-47(14-10-24)31(52)18-39-28-4-2-3-27-32(28)38(55)49(37(27)54)29-5-6-30(51)45-36(29)53/h2-4,20-21,23-26,29,39H,5-19H2,1H3,(H,44,50)(H,40,41,42)(H,45,51,53)/t25?,26?,29-/m0/s1. The molecule has 4 fully saturated rings. The molecule has 5 aliphatic rings. The van der Waals surface area contributed by atoms with Crippen LogP contribution in [0.15, 0.2) is 30.9 Å². The summed E-state index contributed by atoms with van der Waals surface area (Å²) in [6.07, 6.45) is 9.31. The van der Waals surface area contributed by atoms with E-state index in [4.69, 9.17) is 0 Å². The van der Waals surface area contributed by atoms with Gasteiger partial charge in [-0.05, 0) is 82.0 Å². The molecule has 1 aliphatic carbocycles. The van der Waals surface area contributed by atoms with Gasteiger partial charge < -0.3 is 30.3 Å². The van der Waals surface area contributed by atoms with Gasteiger partial charge in [-0.3, -0.25) is 39.0 Å². The Kier molecular flexibility index (Phi) is 10.2. The quantitative estimate of drug-likeness (QED) is 0.206. The molecule has 290 valence electrons. The van der Waals surface area contributed by atoms with E-state index in [1.54, 1.807) is 25.4 Å². The summed E-state index contributed by atoms with van der Waals surface area (Å²) >= 11 is 0. The number of aromatic nitrogens is 4. The molecule has 1 aromatic carbocycles. The SMILES string of the molecule is CC(=O)NC1CC(n2cnc3c(NCC4CCN(CC5CCN(C(=O)CNc6cccc7c6C(=O)N([C@H]6CCC(=O)NC6=O)C7=O)CC5)CC4)ncnc32)C1. The first-order chi connectivity index (χ1) is 26.6. The fourth-order valence-corrected chi connectivity index (χ4v) is 8.76. The molecule has 3 aromatic rings. The Balaban J connectivity index is 0.759. The lowest BCUT2D eigenvalue weighted by Crippen LogP contribution is -2.54. The van der Waals surface area contributed by atoms with E-state index in [0.29, 0.717) is 30.6 Å². The van der Waals surface area contributed by atoms with E-state index in [2.05, 4.69) is 45.7 Å². The first kappa shape index (κ1) is 36.5. The maximum atomic E-state index is 13.4. The third-order valence-electron chi connectivity index (χ3n) is 11.9. The third kappa shape index (κ3) is 7.49. The number of carbonyl (C=O) groups is 6. The zero-order valence-corrected chi connectivity index (χ0v) is 31.0. The van der Waals surface area contributed by atoms with E-state index in [1.165, 1.54) is 6.07 Å². The molecule has 1 atom stereocenters. The van der Waals surface area contributed by atoms with Crippen molar-refractivity contribution in [1.29, 1.82) is 0 Å². The number of nitrogens with one attached hydrogen (secondary N) is 4. The number of likely N-dealkylation sites (tertiary alicyclic amines) is 2. The highest BCUT2D eigenvalue weighted by molar-refractivity contribution is 6.25. The van der Waals surface area contributed by atoms with Crippen molar-refractivity contribution in [2.24, 2.45) is 11.8 Å². The lowest BCUT2D eigenvalue weighted by molar-refractivity contribution is -0.136. The fourth-order valence-electron chi connectivity index (χ4n) is 8.76. The minimum Gasteiger partial charge on any atom is -0.375 e. The van der Waals surface area contributed by atoms with Gasteiger partial charge in [0, 0.05) is 57.3 Å². The van der Waals surface area contributed by atoms with E-state index in [-0.39, 0.29) is 54.4 Å². The van der Waals surface area contributed by atoms with Gasteiger partial charge in [-0.2, -0.15) is 0 Å². The Labute approximate surface area is 318 Å². The zero-order valence-electron chi connectivity index (χ0n) is 31.0. The molecule has 1 saturated carbocycles. The monoisotopic (exact) mass is 753 g/mol. The average molecular weight is 754 g/mol. The Morgan fingerprint density at radius 2 is 1.65 bits per heavy atom. The van der Waals surface area contributed by atoms with Crippen molar-refractivity contribution in [1.82, 2.24) is 44.9 Å². The highest BCUT2D eigenvalue weighted by Gasteiger charge is 2.45. The maximum Gasteiger partial charge on any atom is 0.264 e. The second-order valence-corrected chi connectivity index (χ2v) is 15.5. The molecule has 4 aliphatic heterocycles. The maximum absolute atomic E-state index is 13.4. The van der Waals surface area contributed by atoms with Crippen molar-refractivity contribution >= 4 is 58.1 Å². The van der Waals surface area contributed by atoms with Crippen molar-refractivity contribution in [2.45, 2.75) is 76.4 Å². The van der Waals surface area contributed by atoms with Gasteiger partial charge in [0.25, 0.3) is 11.8 Å². The number of piperidine rings is 3. The van der Waals surface area contributed by atoms with Crippen LogP contribution >= 0.6 is 0 Å². The van der Waals surface area contributed by atoms with Crippen molar-refractivity contribution in [2.75, 3.05) is 56.4 Å². The molecule has 2 aromatic heterocycles. The molecule has 3 saturated heterocycles. The van der Waals surface area contributed by atoms with Crippen molar-refractivity contribution in [3.05, 3.63) is 42.0 Å². The topological polar surface area (TPSA) is 204 Å². The minimum atomic E-state index is -1.05. The van der Waals surface area contributed by atoms with Gasteiger partial charge in [0.1, 0.15) is 17.9 Å². The van der Waals surface area contributed by atoms with Gasteiger partial charge in [-0.15, -0.1) is 0 Å². The largest absolute Gasteiger partial charge is 0.375 e. The van der Waals surface area contributed by atoms with Crippen LogP contribution in [0.5, 0.6) is 0 Å². The molecule has 17 heteroatoms. The second-order valence-electron chi connectivity index (χ2n) is 15.5. The lowest BCUT2D eigenvalue weighted by Gasteiger charge is -2.37. The number of benzene rings is 1. The molecule has 17 nitrogen and oxygen atoms in total. The molecular weight excluding hydrogens is 706 g/mol. The highest BCUT2D eigenvalue weighted by Crippen LogP contribution is 2.35. The summed E-state index contributed by atoms with van der Waals surface area (Å²) in [6, 6.07) is 4.26. The Hall–Kier alpha value is -5.45. The van der Waals surface area contributed by atoms with Crippen LogP contribution < -0.4 is 21.3 Å². The molecule has 55 heavy (non-hydrogen) atoms. The number of fused-ring (bicyclic) bond motifs is 2. The van der Waals surface area contributed by atoms with Gasteiger partial charge >= 0.3 is 0 Å². The summed E-state index contributed by atoms with van der Waals surface area (Å²) < 4.78 is 2.10. The van der Waals surface area contributed by atoms with Crippen LogP contribution in [0, 0.1) is 11.8 Å². The summed E-state index contributed by atoms with van der Waals surface area (Å²) in [4.78, 5) is 94.2. The third-order valence-corrected chi connectivity index (χ3v) is 11.9. The number of anilines is 2. The average Bonchev–Trinajstić information content (AvgIpc) is 3.70. The smallest absolute Gasteiger partial charge is 0.264 e. The number of imide groups is 2. The summed E-state index contributed by atoms with van der Waals surface area (Å²) in [5.74, 6) is -0.549. The molecule has 4 N–H and O–H groups in total. The van der Waals surface area contributed by atoms with Gasteiger partial charge in [0.15, 0.2) is 11.5 Å². The normalized spacial score (nSPS) is 23.8. The molecule has 8 rings (SSSR count). The van der Waals surface area contributed by atoms with Gasteiger partial charge in [-0.25, -0.2) is 15.0 Å². The summed E-state index contributed by atoms with van der Waals surface area (Å²) in [7, 11) is 0. The van der Waals surface area contributed by atoms with E-state index in [1.807, 2.05) is 11.2 Å². The number of nitrogens with zero attached hydrogens (tertiary/aromatic N) is 7. The van der Waals surface area contributed by atoms with Crippen LogP contribution in [0.25, 0.3) is 11.2 Å². The summed E-state index contributed by atoms with van der Waals surface area (Å²) in [5.41, 5.74) is 2.28. The molecule has 0 radical (unpaired) electrons. The van der Waals surface area contributed by atoms with Crippen LogP contribution in [0.3, 0.4) is 0 Å². The van der Waals surface area contributed by atoms with E-state index in [0.717, 1.165) is 86.6 Å². The molecule has 0 bridgehead atoms. The first-order valence-corrected chi connectivity index (χ1v) is 19.4. The van der Waals surface area contributed by atoms with Crippen LogP contribution in [0.1, 0.15) is 85.0 Å². The summed E-state index contributed by atoms with van der Waals surface area (Å²) in [5, 5.41) is 11.8. The van der Waals surface area contributed by atoms with Crippen molar-refractivity contribution in [3.63, 3.8) is 0 Å². The predicted molar refractivity (Wildman–Crippen MR) is 200 cm³/mol. The van der Waals surface area contributed by atoms with Gasteiger partial charge in [-0.1, -0.05) is 6.07 Å². The number of imidazole rings is 1. The van der Waals surface area contributed by atoms with E-state index < -0.39 is 29.7 Å². The van der Waals surface area contributed by atoms with E-state index >= 15 is 0 Å². The Bertz CT molecular complexity index is 2010. The van der Waals surface area contributed by atoms with Crippen LogP contribution in [-0.2, 0) is 19.2 Å². The Morgan fingerprint density at radius 1 is 0.891 bits per heavy atom. The van der Waals surface area contributed by atoms with Crippen LogP contribution in [0.2, 0.25) is 0 Å². The molecule has 0 unspecified atom stereocenters. The highest BCUT2D eigenvalue weighted by atomic mass is 16.2. The number of amides is 6. The molecule has 0 spiro atoms. The molecule has 6 amide bonds. The number of hydrogen-bond donors (Lipinski definition) is 4. The number of carbonyl (C=O) groups excluding carboxylic acids is 6. The van der Waals surface area contributed by atoms with Gasteiger partial charge in [0.05, 0.1) is 24.0 Å². The zero-order chi connectivity index (χ0) is 38.2. The van der Waals surface area contributed by atoms with Crippen molar-refractivity contribution < 1.29 is 28.8 Å². The number of rotatable bonds is 11. The molecular formula is C38H47N11O6. The lowest BCUT2D eigenvalue weighted by atomic mass is 9.86. The van der Waals surface area contributed by atoms with E-state index in [9.17, 15) is 28.8 Å². The Morgan fingerprint density at radius 3 is 2.40 bits per heavy atom. The molecule has 6 heterocycles. The fraction of sp³-hybridized carbons (Fsp3) is 0.553. The van der Waals surface area contributed by atoms with Crippen LogP contribution in [-0.4, -0.2) is 128 Å². The first-order valence-electron chi connectivity index (χ1n) is 19.4. The predicted octanol–water partition coefficient (Wildman–Crippen LogP) is 1.54. The van der Waals surface area contributed by atoms with Crippen molar-refractivity contribution in [3.8, 4) is 0 Å². The summed E-state index contributed by atoms with van der Waals surface area (Å²) in [6.45, 7) is 6.76. The number of hydrogen-bond acceptors (Lipinski definition) is 12.